The van der Waals surface area contributed by atoms with Gasteiger partial charge in [0.05, 0.1) is 17.8 Å². The van der Waals surface area contributed by atoms with Crippen molar-refractivity contribution in [1.29, 1.82) is 0 Å². The highest BCUT2D eigenvalue weighted by Crippen LogP contribution is 2.26. The van der Waals surface area contributed by atoms with Crippen LogP contribution >= 0.6 is 0 Å². The van der Waals surface area contributed by atoms with E-state index >= 15 is 0 Å². The van der Waals surface area contributed by atoms with Gasteiger partial charge in [-0.15, -0.1) is 0 Å². The molecule has 0 aliphatic carbocycles. The van der Waals surface area contributed by atoms with Gasteiger partial charge in [0.25, 0.3) is 17.7 Å². The zero-order valence-electron chi connectivity index (χ0n) is 22.3. The molecule has 0 saturated carbocycles. The van der Waals surface area contributed by atoms with E-state index in [1.165, 1.54) is 30.6 Å². The minimum absolute atomic E-state index is 0.0537. The van der Waals surface area contributed by atoms with Crippen LogP contribution in [-0.4, -0.2) is 64.6 Å². The first-order chi connectivity index (χ1) is 20.4. The van der Waals surface area contributed by atoms with E-state index in [1.807, 2.05) is 6.07 Å². The van der Waals surface area contributed by atoms with E-state index in [1.54, 1.807) is 41.4 Å². The topological polar surface area (TPSA) is 136 Å². The third-order valence-electron chi connectivity index (χ3n) is 7.05. The Kier molecular flexibility index (Phi) is 7.50. The van der Waals surface area contributed by atoms with Gasteiger partial charge in [-0.05, 0) is 41.5 Å². The van der Waals surface area contributed by atoms with Crippen molar-refractivity contribution in [2.24, 2.45) is 0 Å². The summed E-state index contributed by atoms with van der Waals surface area (Å²) in [7, 11) is 0. The number of benzene rings is 2. The molecule has 0 spiro atoms. The maximum atomic E-state index is 14.6. The third-order valence-corrected chi connectivity index (χ3v) is 7.05. The Hall–Kier alpha value is -5.26. The molecule has 42 heavy (non-hydrogen) atoms. The van der Waals surface area contributed by atoms with Crippen LogP contribution in [0, 0.1) is 5.82 Å². The quantitative estimate of drug-likeness (QED) is 0.356. The van der Waals surface area contributed by atoms with Crippen LogP contribution in [0.3, 0.4) is 0 Å². The van der Waals surface area contributed by atoms with Crippen molar-refractivity contribution in [1.82, 2.24) is 25.7 Å². The van der Waals surface area contributed by atoms with Crippen LogP contribution in [0.1, 0.15) is 32.9 Å². The van der Waals surface area contributed by atoms with Gasteiger partial charge >= 0.3 is 0 Å². The van der Waals surface area contributed by atoms with Crippen LogP contribution in [0.15, 0.2) is 77.7 Å². The van der Waals surface area contributed by atoms with Gasteiger partial charge in [-0.3, -0.25) is 19.4 Å². The summed E-state index contributed by atoms with van der Waals surface area (Å²) in [5.74, 6) is -0.950. The van der Waals surface area contributed by atoms with Crippen molar-refractivity contribution in [3.63, 3.8) is 0 Å². The van der Waals surface area contributed by atoms with E-state index in [9.17, 15) is 18.8 Å². The van der Waals surface area contributed by atoms with Gasteiger partial charge in [-0.2, -0.15) is 0 Å². The predicted molar refractivity (Wildman–Crippen MR) is 146 cm³/mol. The normalized spacial score (nSPS) is 19.0. The second-order valence-electron chi connectivity index (χ2n) is 10.0. The fourth-order valence-electron chi connectivity index (χ4n) is 4.98. The van der Waals surface area contributed by atoms with Crippen molar-refractivity contribution in [3.05, 3.63) is 95.9 Å². The zero-order valence-corrected chi connectivity index (χ0v) is 22.3. The van der Waals surface area contributed by atoms with Gasteiger partial charge in [0.15, 0.2) is 6.61 Å². The molecule has 2 aliphatic rings. The fraction of sp³-hybridized carbons (Fsp3) is 0.233. The Balaban J connectivity index is 1.34. The van der Waals surface area contributed by atoms with Crippen molar-refractivity contribution < 1.29 is 32.8 Å². The maximum Gasteiger partial charge on any atom is 0.292 e. The minimum Gasteiger partial charge on any atom is -0.488 e. The molecule has 3 amide bonds. The molecule has 2 aromatic heterocycles. The first-order valence-corrected chi connectivity index (χ1v) is 13.3. The highest BCUT2D eigenvalue weighted by atomic mass is 19.1. The number of halogens is 1. The molecule has 0 unspecified atom stereocenters. The van der Waals surface area contributed by atoms with E-state index < -0.39 is 23.9 Å². The second-order valence-corrected chi connectivity index (χ2v) is 10.0. The summed E-state index contributed by atoms with van der Waals surface area (Å²) in [4.78, 5) is 44.8. The van der Waals surface area contributed by atoms with Crippen molar-refractivity contribution >= 4 is 17.7 Å². The Morgan fingerprint density at radius 1 is 1.00 bits per heavy atom. The lowest BCUT2D eigenvalue weighted by Gasteiger charge is -2.38. The summed E-state index contributed by atoms with van der Waals surface area (Å²) < 4.78 is 31.5. The van der Waals surface area contributed by atoms with Gasteiger partial charge < -0.3 is 29.5 Å². The van der Waals surface area contributed by atoms with Gasteiger partial charge in [0.2, 0.25) is 5.76 Å². The van der Waals surface area contributed by atoms with Crippen molar-refractivity contribution in [2.45, 2.75) is 25.1 Å². The first-order valence-electron chi connectivity index (χ1n) is 13.3. The number of carbonyl (C=O) groups is 3. The number of likely N-dealkylation sites (tertiary alicyclic amines) is 1. The van der Waals surface area contributed by atoms with E-state index in [0.717, 1.165) is 5.56 Å². The number of pyridine rings is 1. The number of nitrogens with zero attached hydrogens (tertiary/aromatic N) is 3. The average molecular weight is 572 g/mol. The molecule has 4 aromatic rings. The number of aromatic nitrogens is 2. The Labute approximate surface area is 239 Å². The van der Waals surface area contributed by atoms with Gasteiger partial charge in [-0.25, -0.2) is 4.39 Å². The summed E-state index contributed by atoms with van der Waals surface area (Å²) in [5, 5.41) is 9.32. The molecule has 6 bridgehead atoms. The summed E-state index contributed by atoms with van der Waals surface area (Å²) >= 11 is 0. The van der Waals surface area contributed by atoms with Crippen LogP contribution in [0.2, 0.25) is 0 Å². The molecule has 2 N–H and O–H groups in total. The van der Waals surface area contributed by atoms with Crippen LogP contribution < -0.4 is 20.1 Å². The number of amides is 3. The molecular weight excluding hydrogens is 545 g/mol. The lowest BCUT2D eigenvalue weighted by atomic mass is 10.00. The Morgan fingerprint density at radius 3 is 2.74 bits per heavy atom. The molecule has 12 heteroatoms. The van der Waals surface area contributed by atoms with Gasteiger partial charge in [-0.1, -0.05) is 17.3 Å². The molecule has 11 nitrogen and oxygen atoms in total. The average Bonchev–Trinajstić information content (AvgIpc) is 3.54. The molecular formula is C30H26FN5O6. The number of hydrogen-bond acceptors (Lipinski definition) is 8. The summed E-state index contributed by atoms with van der Waals surface area (Å²) in [6, 6.07) is 13.7. The second kappa shape index (κ2) is 11.7. The number of carbonyl (C=O) groups excluding carboxylic acids is 3. The van der Waals surface area contributed by atoms with Crippen molar-refractivity contribution in [2.75, 3.05) is 19.7 Å². The Morgan fingerprint density at radius 2 is 1.88 bits per heavy atom. The number of hydrogen-bond donors (Lipinski definition) is 2. The highest BCUT2D eigenvalue weighted by molar-refractivity contribution is 5.95. The Bertz CT molecular complexity index is 1630. The van der Waals surface area contributed by atoms with E-state index in [4.69, 9.17) is 14.0 Å². The number of ether oxygens (including phenoxy) is 2. The standard InChI is InChI=1S/C30H26FN5O6/c31-22-8-18-9-24(12-22)41-26-5-7-36(30(39)27-4-6-34-42-27)16-25(26)35-29(38)21-10-20(14-32-15-21)19-2-1-3-23(11-19)40-17-28(37)33-13-18/h1-4,6,8-12,14-15,25-26H,5,7,13,16-17H2,(H,33,37)(H,35,38)/t25-,26+/m1/s1. The lowest BCUT2D eigenvalue weighted by Crippen LogP contribution is -2.58. The molecule has 2 aliphatic heterocycles. The van der Waals surface area contributed by atoms with Crippen LogP contribution in [0.25, 0.3) is 11.1 Å². The van der Waals surface area contributed by atoms with Crippen LogP contribution in [0.4, 0.5) is 4.39 Å². The van der Waals surface area contributed by atoms with Crippen LogP contribution in [0.5, 0.6) is 11.5 Å². The summed E-state index contributed by atoms with van der Waals surface area (Å²) in [6.07, 6.45) is 4.20. The monoisotopic (exact) mass is 571 g/mol. The first kappa shape index (κ1) is 26.9. The number of piperidine rings is 1. The molecule has 2 aromatic carbocycles. The zero-order chi connectivity index (χ0) is 29.1. The van der Waals surface area contributed by atoms with E-state index in [0.29, 0.717) is 35.4 Å². The van der Waals surface area contributed by atoms with E-state index in [2.05, 4.69) is 20.8 Å². The molecule has 1 saturated heterocycles. The summed E-state index contributed by atoms with van der Waals surface area (Å²) in [6.45, 7) is 0.233. The molecule has 4 heterocycles. The minimum atomic E-state index is -0.660. The number of nitrogens with one attached hydrogen (secondary N) is 2. The largest absolute Gasteiger partial charge is 0.488 e. The number of fused-ring (bicyclic) bond motifs is 8. The summed E-state index contributed by atoms with van der Waals surface area (Å²) in [5.41, 5.74) is 2.18. The molecule has 6 rings (SSSR count). The molecule has 214 valence electrons. The van der Waals surface area contributed by atoms with E-state index in [-0.39, 0.29) is 43.0 Å². The van der Waals surface area contributed by atoms with Gasteiger partial charge in [0, 0.05) is 56.1 Å². The molecule has 2 atom stereocenters. The predicted octanol–water partition coefficient (Wildman–Crippen LogP) is 2.98. The fourth-order valence-corrected chi connectivity index (χ4v) is 4.98. The highest BCUT2D eigenvalue weighted by Gasteiger charge is 2.35. The van der Waals surface area contributed by atoms with Gasteiger partial charge in [0.1, 0.15) is 23.4 Å². The third kappa shape index (κ3) is 6.07. The smallest absolute Gasteiger partial charge is 0.292 e. The maximum absolute atomic E-state index is 14.6. The molecule has 1 fully saturated rings. The lowest BCUT2D eigenvalue weighted by molar-refractivity contribution is -0.123. The molecule has 0 radical (unpaired) electrons. The SMILES string of the molecule is O=C1COc2cccc(c2)-c2cncc(c2)C(=O)N[C@@H]2CN(C(=O)c3ccno3)CC[C@@H]2Oc2cc(F)cc(c2)CN1. The van der Waals surface area contributed by atoms with Crippen molar-refractivity contribution in [3.8, 4) is 22.6 Å². The van der Waals surface area contributed by atoms with Crippen LogP contribution in [-0.2, 0) is 11.3 Å². The number of rotatable bonds is 1.